The number of fused-ring (bicyclic) bond motifs is 3. The average Bonchev–Trinajstić information content (AvgIpc) is 3.06. The molecule has 1 aliphatic heterocycles. The molecule has 27 heavy (non-hydrogen) atoms. The van der Waals surface area contributed by atoms with E-state index in [-0.39, 0.29) is 11.5 Å². The van der Waals surface area contributed by atoms with Crippen LogP contribution in [0.3, 0.4) is 0 Å². The highest BCUT2D eigenvalue weighted by molar-refractivity contribution is 7.26. The fraction of sp³-hybridized carbons (Fsp3) is 0.450. The summed E-state index contributed by atoms with van der Waals surface area (Å²) in [5.74, 6) is 0.176. The van der Waals surface area contributed by atoms with Crippen LogP contribution in [0.4, 0.5) is 0 Å². The molecule has 0 bridgehead atoms. The molecule has 1 fully saturated rings. The summed E-state index contributed by atoms with van der Waals surface area (Å²) in [4.78, 5) is 29.5. The number of carbonyl (C=O) groups excluding carboxylic acids is 1. The summed E-state index contributed by atoms with van der Waals surface area (Å²) < 4.78 is 3.61. The zero-order valence-electron chi connectivity index (χ0n) is 15.8. The number of rotatable bonds is 4. The van der Waals surface area contributed by atoms with E-state index in [0.29, 0.717) is 19.4 Å². The van der Waals surface area contributed by atoms with Crippen LogP contribution in [0.15, 0.2) is 29.1 Å². The standard InChI is InChI=1S/C20H24N4O2S/c1-14-19-18(15-6-3-4-7-16(15)27-19)20(26)24(21-14)9-5-8-17(25)23-12-10-22(2)11-13-23/h3-4,6-7H,5,8-13H2,1-2H3. The van der Waals surface area contributed by atoms with Gasteiger partial charge in [-0.1, -0.05) is 18.2 Å². The summed E-state index contributed by atoms with van der Waals surface area (Å²) in [6.07, 6.45) is 1.09. The monoisotopic (exact) mass is 384 g/mol. The van der Waals surface area contributed by atoms with E-state index in [1.165, 1.54) is 4.68 Å². The fourth-order valence-electron chi connectivity index (χ4n) is 3.66. The van der Waals surface area contributed by atoms with Gasteiger partial charge in [-0.15, -0.1) is 11.3 Å². The molecule has 0 spiro atoms. The van der Waals surface area contributed by atoms with Gasteiger partial charge in [0, 0.05) is 49.2 Å². The van der Waals surface area contributed by atoms with E-state index in [2.05, 4.69) is 17.0 Å². The zero-order valence-corrected chi connectivity index (χ0v) is 16.6. The maximum absolute atomic E-state index is 13.0. The Hall–Kier alpha value is -2.25. The summed E-state index contributed by atoms with van der Waals surface area (Å²) in [7, 11) is 2.08. The number of thiophene rings is 1. The molecule has 3 aromatic rings. The van der Waals surface area contributed by atoms with E-state index in [0.717, 1.165) is 52.0 Å². The number of likely N-dealkylation sites (N-methyl/N-ethyl adjacent to an activating group) is 1. The van der Waals surface area contributed by atoms with Crippen molar-refractivity contribution in [3.8, 4) is 0 Å². The van der Waals surface area contributed by atoms with Gasteiger partial charge in [0.2, 0.25) is 5.91 Å². The minimum absolute atomic E-state index is 0.0555. The number of hydrogen-bond acceptors (Lipinski definition) is 5. The van der Waals surface area contributed by atoms with Crippen LogP contribution < -0.4 is 5.56 Å². The molecule has 0 aliphatic carbocycles. The fourth-order valence-corrected chi connectivity index (χ4v) is 4.79. The third kappa shape index (κ3) is 3.49. The SMILES string of the molecule is Cc1nn(CCCC(=O)N2CCN(C)CC2)c(=O)c2c1sc1ccccc12. The molecule has 7 heteroatoms. The second-order valence-corrected chi connectivity index (χ2v) is 8.26. The molecular weight excluding hydrogens is 360 g/mol. The van der Waals surface area contributed by atoms with Crippen LogP contribution >= 0.6 is 11.3 Å². The van der Waals surface area contributed by atoms with E-state index in [1.807, 2.05) is 36.1 Å². The van der Waals surface area contributed by atoms with Crippen molar-refractivity contribution >= 4 is 37.4 Å². The first kappa shape index (κ1) is 18.1. The first-order chi connectivity index (χ1) is 13.0. The number of aryl methyl sites for hydroxylation is 2. The molecule has 0 atom stereocenters. The second kappa shape index (κ2) is 7.40. The molecule has 1 amide bonds. The Bertz CT molecular complexity index is 1050. The van der Waals surface area contributed by atoms with Crippen LogP contribution in [0.5, 0.6) is 0 Å². The van der Waals surface area contributed by atoms with Crippen molar-refractivity contribution in [3.05, 3.63) is 40.3 Å². The molecule has 3 heterocycles. The van der Waals surface area contributed by atoms with Crippen molar-refractivity contribution in [2.75, 3.05) is 33.2 Å². The Balaban J connectivity index is 1.51. The van der Waals surface area contributed by atoms with Crippen LogP contribution in [0, 0.1) is 6.92 Å². The van der Waals surface area contributed by atoms with Crippen molar-refractivity contribution in [2.24, 2.45) is 0 Å². The van der Waals surface area contributed by atoms with E-state index in [4.69, 9.17) is 0 Å². The third-order valence-electron chi connectivity index (χ3n) is 5.26. The Morgan fingerprint density at radius 1 is 1.19 bits per heavy atom. The van der Waals surface area contributed by atoms with E-state index < -0.39 is 0 Å². The minimum Gasteiger partial charge on any atom is -0.340 e. The Morgan fingerprint density at radius 3 is 2.70 bits per heavy atom. The number of aromatic nitrogens is 2. The molecule has 4 rings (SSSR count). The average molecular weight is 385 g/mol. The molecular formula is C20H24N4O2S. The molecule has 2 aromatic heterocycles. The number of amides is 1. The molecule has 0 saturated carbocycles. The molecule has 6 nitrogen and oxygen atoms in total. The van der Waals surface area contributed by atoms with E-state index in [1.54, 1.807) is 11.3 Å². The van der Waals surface area contributed by atoms with Crippen molar-refractivity contribution < 1.29 is 4.79 Å². The summed E-state index contributed by atoms with van der Waals surface area (Å²) in [5.41, 5.74) is 0.816. The van der Waals surface area contributed by atoms with Crippen molar-refractivity contribution in [1.29, 1.82) is 0 Å². The van der Waals surface area contributed by atoms with Crippen LogP contribution in [0.25, 0.3) is 20.2 Å². The van der Waals surface area contributed by atoms with Crippen molar-refractivity contribution in [2.45, 2.75) is 26.3 Å². The maximum atomic E-state index is 13.0. The lowest BCUT2D eigenvalue weighted by atomic mass is 10.2. The molecule has 1 aromatic carbocycles. The van der Waals surface area contributed by atoms with Gasteiger partial charge >= 0.3 is 0 Å². The highest BCUT2D eigenvalue weighted by Crippen LogP contribution is 2.32. The van der Waals surface area contributed by atoms with Gasteiger partial charge in [0.15, 0.2) is 0 Å². The van der Waals surface area contributed by atoms with Crippen LogP contribution in [0.2, 0.25) is 0 Å². The van der Waals surface area contributed by atoms with Gasteiger partial charge in [0.1, 0.15) is 0 Å². The third-order valence-corrected chi connectivity index (χ3v) is 6.54. The topological polar surface area (TPSA) is 58.4 Å². The largest absolute Gasteiger partial charge is 0.340 e. The van der Waals surface area contributed by atoms with Gasteiger partial charge in [0.25, 0.3) is 5.56 Å². The predicted octanol–water partition coefficient (Wildman–Crippen LogP) is 2.47. The number of carbonyl (C=O) groups is 1. The highest BCUT2D eigenvalue weighted by Gasteiger charge is 2.19. The smallest absolute Gasteiger partial charge is 0.276 e. The predicted molar refractivity (Wildman–Crippen MR) is 109 cm³/mol. The van der Waals surface area contributed by atoms with Crippen LogP contribution in [-0.4, -0.2) is 58.7 Å². The lowest BCUT2D eigenvalue weighted by Gasteiger charge is -2.32. The Kier molecular flexibility index (Phi) is 4.97. The molecule has 1 saturated heterocycles. The minimum atomic E-state index is -0.0555. The summed E-state index contributed by atoms with van der Waals surface area (Å²) in [6, 6.07) is 7.99. The number of piperazine rings is 1. The first-order valence-corrected chi connectivity index (χ1v) is 10.2. The van der Waals surface area contributed by atoms with Crippen molar-refractivity contribution in [1.82, 2.24) is 19.6 Å². The number of benzene rings is 1. The summed E-state index contributed by atoms with van der Waals surface area (Å²) >= 11 is 1.62. The lowest BCUT2D eigenvalue weighted by molar-refractivity contribution is -0.132. The molecule has 0 N–H and O–H groups in total. The van der Waals surface area contributed by atoms with Gasteiger partial charge in [-0.2, -0.15) is 5.10 Å². The molecule has 142 valence electrons. The van der Waals surface area contributed by atoms with Crippen LogP contribution in [-0.2, 0) is 11.3 Å². The van der Waals surface area contributed by atoms with Crippen molar-refractivity contribution in [3.63, 3.8) is 0 Å². The summed E-state index contributed by atoms with van der Waals surface area (Å²) in [5, 5.41) is 6.25. The van der Waals surface area contributed by atoms with E-state index in [9.17, 15) is 9.59 Å². The Labute approximate surface area is 162 Å². The van der Waals surface area contributed by atoms with Gasteiger partial charge in [-0.3, -0.25) is 9.59 Å². The molecule has 0 radical (unpaired) electrons. The Morgan fingerprint density at radius 2 is 1.93 bits per heavy atom. The van der Waals surface area contributed by atoms with Gasteiger partial charge in [-0.05, 0) is 26.5 Å². The normalized spacial score (nSPS) is 15.7. The van der Waals surface area contributed by atoms with Gasteiger partial charge in [0.05, 0.1) is 15.8 Å². The lowest BCUT2D eigenvalue weighted by Crippen LogP contribution is -2.47. The number of hydrogen-bond donors (Lipinski definition) is 0. The highest BCUT2D eigenvalue weighted by atomic mass is 32.1. The van der Waals surface area contributed by atoms with Gasteiger partial charge < -0.3 is 9.80 Å². The summed E-state index contributed by atoms with van der Waals surface area (Å²) in [6.45, 7) is 5.85. The van der Waals surface area contributed by atoms with Gasteiger partial charge in [-0.25, -0.2) is 4.68 Å². The quantitative estimate of drug-likeness (QED) is 0.693. The van der Waals surface area contributed by atoms with Crippen LogP contribution in [0.1, 0.15) is 18.5 Å². The zero-order chi connectivity index (χ0) is 19.0. The molecule has 0 unspecified atom stereocenters. The van der Waals surface area contributed by atoms with E-state index >= 15 is 0 Å². The first-order valence-electron chi connectivity index (χ1n) is 9.40. The molecule has 1 aliphatic rings. The number of nitrogens with zero attached hydrogens (tertiary/aromatic N) is 4. The second-order valence-electron chi connectivity index (χ2n) is 7.20. The maximum Gasteiger partial charge on any atom is 0.276 e.